The first-order valence-corrected chi connectivity index (χ1v) is 9.27. The molecule has 3 aliphatic rings. The van der Waals surface area contributed by atoms with Gasteiger partial charge in [-0.05, 0) is 58.7 Å². The molecule has 0 radical (unpaired) electrons. The van der Waals surface area contributed by atoms with Crippen LogP contribution in [0.1, 0.15) is 58.3 Å². The van der Waals surface area contributed by atoms with Gasteiger partial charge in [0.15, 0.2) is 0 Å². The van der Waals surface area contributed by atoms with Gasteiger partial charge in [-0.2, -0.15) is 0 Å². The van der Waals surface area contributed by atoms with Gasteiger partial charge in [0.25, 0.3) is 0 Å². The number of nitrogens with zero attached hydrogens (tertiary/aromatic N) is 2. The quantitative estimate of drug-likeness (QED) is 0.838. The molecule has 5 nitrogen and oxygen atoms in total. The normalized spacial score (nSPS) is 40.2. The number of nitrogens with two attached hydrogens (primary N) is 1. The molecular weight excluding hydrogens is 288 g/mol. The number of hydrogen-bond donors (Lipinski definition) is 2. The van der Waals surface area contributed by atoms with E-state index in [4.69, 9.17) is 5.73 Å². The highest BCUT2D eigenvalue weighted by atomic mass is 16.2. The highest BCUT2D eigenvalue weighted by Gasteiger charge is 2.69. The Morgan fingerprint density at radius 3 is 2.35 bits per heavy atom. The Hall–Kier alpha value is -0.810. The first kappa shape index (κ1) is 17.0. The molecule has 5 heteroatoms. The van der Waals surface area contributed by atoms with Crippen LogP contribution >= 0.6 is 0 Å². The molecule has 3 atom stereocenters. The molecule has 1 spiro atoms. The molecule has 1 heterocycles. The summed E-state index contributed by atoms with van der Waals surface area (Å²) in [6, 6.07) is 0.0629. The summed E-state index contributed by atoms with van der Waals surface area (Å²) in [7, 11) is 6.28. The molecule has 3 rings (SSSR count). The molecule has 23 heavy (non-hydrogen) atoms. The summed E-state index contributed by atoms with van der Waals surface area (Å²) < 4.78 is 0. The Bertz CT molecular complexity index is 474. The van der Waals surface area contributed by atoms with E-state index >= 15 is 0 Å². The van der Waals surface area contributed by atoms with Crippen molar-refractivity contribution in [3.05, 3.63) is 0 Å². The molecule has 132 valence electrons. The number of likely N-dealkylation sites (N-methyl/N-ethyl adjacent to an activating group) is 2. The van der Waals surface area contributed by atoms with Crippen LogP contribution in [0.5, 0.6) is 0 Å². The van der Waals surface area contributed by atoms with E-state index in [0.29, 0.717) is 5.92 Å². The average Bonchev–Trinajstić information content (AvgIpc) is 2.56. The van der Waals surface area contributed by atoms with Gasteiger partial charge >= 0.3 is 6.03 Å². The summed E-state index contributed by atoms with van der Waals surface area (Å²) in [5.41, 5.74) is 6.21. The molecule has 2 amide bonds. The lowest BCUT2D eigenvalue weighted by Crippen LogP contribution is -2.89. The van der Waals surface area contributed by atoms with Crippen molar-refractivity contribution in [2.75, 3.05) is 27.7 Å². The van der Waals surface area contributed by atoms with Crippen LogP contribution in [-0.2, 0) is 0 Å². The maximum Gasteiger partial charge on any atom is 0.320 e. The predicted octanol–water partition coefficient (Wildman–Crippen LogP) is 2.37. The summed E-state index contributed by atoms with van der Waals surface area (Å²) in [4.78, 5) is 16.5. The van der Waals surface area contributed by atoms with Crippen LogP contribution in [0.25, 0.3) is 0 Å². The van der Waals surface area contributed by atoms with E-state index in [-0.39, 0.29) is 22.6 Å². The first-order valence-electron chi connectivity index (χ1n) is 9.27. The van der Waals surface area contributed by atoms with Gasteiger partial charge in [-0.15, -0.1) is 0 Å². The second-order valence-corrected chi connectivity index (χ2v) is 8.50. The zero-order valence-electron chi connectivity index (χ0n) is 15.3. The molecule has 3 fully saturated rings. The van der Waals surface area contributed by atoms with E-state index in [1.165, 1.54) is 44.9 Å². The number of amides is 2. The fourth-order valence-electron chi connectivity index (χ4n) is 5.94. The van der Waals surface area contributed by atoms with Crippen LogP contribution in [0.2, 0.25) is 0 Å². The molecule has 1 aliphatic heterocycles. The Balaban J connectivity index is 2.06. The molecule has 0 aromatic carbocycles. The molecule has 3 N–H and O–H groups in total. The third-order valence-electron chi connectivity index (χ3n) is 7.60. The number of carbonyl (C=O) groups is 1. The molecule has 2 aliphatic carbocycles. The second kappa shape index (κ2) is 5.62. The molecule has 1 saturated heterocycles. The van der Waals surface area contributed by atoms with Gasteiger partial charge in [0, 0.05) is 13.0 Å². The summed E-state index contributed by atoms with van der Waals surface area (Å²) in [6.45, 7) is 3.06. The second-order valence-electron chi connectivity index (χ2n) is 8.50. The van der Waals surface area contributed by atoms with E-state index in [1.54, 1.807) is 0 Å². The number of hydrogen-bond acceptors (Lipinski definition) is 3. The Labute approximate surface area is 140 Å². The van der Waals surface area contributed by atoms with Crippen molar-refractivity contribution >= 4 is 6.03 Å². The van der Waals surface area contributed by atoms with Crippen molar-refractivity contribution in [1.29, 1.82) is 0 Å². The van der Waals surface area contributed by atoms with Gasteiger partial charge in [0.2, 0.25) is 0 Å². The molecular formula is C18H34N4O. The van der Waals surface area contributed by atoms with Crippen molar-refractivity contribution in [3.63, 3.8) is 0 Å². The van der Waals surface area contributed by atoms with Crippen molar-refractivity contribution < 1.29 is 4.79 Å². The monoisotopic (exact) mass is 322 g/mol. The van der Waals surface area contributed by atoms with Crippen LogP contribution in [-0.4, -0.2) is 54.7 Å². The molecule has 0 aromatic heterocycles. The van der Waals surface area contributed by atoms with Crippen molar-refractivity contribution in [3.8, 4) is 0 Å². The predicted molar refractivity (Wildman–Crippen MR) is 93.0 cm³/mol. The minimum atomic E-state index is -0.275. The minimum absolute atomic E-state index is 0.0573. The Morgan fingerprint density at radius 2 is 1.87 bits per heavy atom. The topological polar surface area (TPSA) is 61.6 Å². The van der Waals surface area contributed by atoms with Gasteiger partial charge < -0.3 is 20.9 Å². The van der Waals surface area contributed by atoms with Crippen LogP contribution < -0.4 is 11.1 Å². The lowest BCUT2D eigenvalue weighted by atomic mass is 9.52. The van der Waals surface area contributed by atoms with Crippen LogP contribution in [0, 0.1) is 11.3 Å². The zero-order chi connectivity index (χ0) is 16.9. The van der Waals surface area contributed by atoms with Gasteiger partial charge in [-0.3, -0.25) is 0 Å². The van der Waals surface area contributed by atoms with Gasteiger partial charge in [-0.1, -0.05) is 25.7 Å². The lowest BCUT2D eigenvalue weighted by molar-refractivity contribution is -0.172. The lowest BCUT2D eigenvalue weighted by Gasteiger charge is -2.70. The molecule has 2 saturated carbocycles. The SMILES string of the molecule is CN(C)[C@]1(C)CCC[C@H](C2(CN)CCCCC2)[C@]12NC(=O)N2C. The van der Waals surface area contributed by atoms with Crippen LogP contribution in [0.15, 0.2) is 0 Å². The highest BCUT2D eigenvalue weighted by Crippen LogP contribution is 2.58. The Morgan fingerprint density at radius 1 is 1.22 bits per heavy atom. The van der Waals surface area contributed by atoms with Crippen molar-refractivity contribution in [2.24, 2.45) is 17.1 Å². The molecule has 0 aromatic rings. The zero-order valence-corrected chi connectivity index (χ0v) is 15.3. The Kier molecular flexibility index (Phi) is 4.16. The third kappa shape index (κ3) is 2.08. The summed E-state index contributed by atoms with van der Waals surface area (Å²) >= 11 is 0. The number of rotatable bonds is 3. The van der Waals surface area contributed by atoms with Crippen LogP contribution in [0.3, 0.4) is 0 Å². The van der Waals surface area contributed by atoms with E-state index in [2.05, 4.69) is 31.2 Å². The maximum atomic E-state index is 12.2. The van der Waals surface area contributed by atoms with Crippen molar-refractivity contribution in [2.45, 2.75) is 69.5 Å². The fourth-order valence-corrected chi connectivity index (χ4v) is 5.94. The summed E-state index contributed by atoms with van der Waals surface area (Å²) in [5, 5.41) is 3.38. The van der Waals surface area contributed by atoms with Crippen molar-refractivity contribution in [1.82, 2.24) is 15.1 Å². The number of carbonyl (C=O) groups excluding carboxylic acids is 1. The smallest absolute Gasteiger partial charge is 0.320 e. The maximum absolute atomic E-state index is 12.2. The largest absolute Gasteiger partial charge is 0.330 e. The van der Waals surface area contributed by atoms with E-state index < -0.39 is 0 Å². The molecule has 0 bridgehead atoms. The number of nitrogens with one attached hydrogen (secondary N) is 1. The third-order valence-corrected chi connectivity index (χ3v) is 7.60. The standard InChI is InChI=1S/C18H34N4O/c1-16(21(2)3)10-8-9-14(18(16)20-15(23)22(18)4)17(13-19)11-6-5-7-12-17/h14H,5-13,19H2,1-4H3,(H,20,23)/t14-,16-,18-/m1/s1. The fraction of sp³-hybridized carbons (Fsp3) is 0.944. The van der Waals surface area contributed by atoms with E-state index in [0.717, 1.165) is 13.0 Å². The van der Waals surface area contributed by atoms with Gasteiger partial charge in [0.1, 0.15) is 5.66 Å². The minimum Gasteiger partial charge on any atom is -0.330 e. The van der Waals surface area contributed by atoms with Crippen LogP contribution in [0.4, 0.5) is 4.79 Å². The summed E-state index contributed by atoms with van der Waals surface area (Å²) in [6.07, 6.45) is 9.81. The van der Waals surface area contributed by atoms with Gasteiger partial charge in [-0.25, -0.2) is 4.79 Å². The first-order chi connectivity index (χ1) is 10.8. The number of urea groups is 1. The summed E-state index contributed by atoms with van der Waals surface area (Å²) in [5.74, 6) is 0.434. The van der Waals surface area contributed by atoms with E-state index in [1.807, 2.05) is 11.9 Å². The molecule has 0 unspecified atom stereocenters. The van der Waals surface area contributed by atoms with E-state index in [9.17, 15) is 4.79 Å². The van der Waals surface area contributed by atoms with Gasteiger partial charge in [0.05, 0.1) is 5.54 Å². The average molecular weight is 322 g/mol. The highest BCUT2D eigenvalue weighted by molar-refractivity contribution is 5.83.